The molecule has 6 heteroatoms. The molecule has 0 bridgehead atoms. The number of hydrogen-bond acceptors (Lipinski definition) is 5. The Morgan fingerprint density at radius 3 is 2.17 bits per heavy atom. The molecule has 2 aromatic rings. The van der Waals surface area contributed by atoms with Gasteiger partial charge in [-0.15, -0.1) is 0 Å². The summed E-state index contributed by atoms with van der Waals surface area (Å²) in [5.74, 6) is -0.873. The van der Waals surface area contributed by atoms with Crippen molar-refractivity contribution in [3.05, 3.63) is 35.4 Å². The zero-order valence-corrected chi connectivity index (χ0v) is 13.6. The van der Waals surface area contributed by atoms with Gasteiger partial charge in [0.15, 0.2) is 11.5 Å². The van der Waals surface area contributed by atoms with E-state index in [0.717, 1.165) is 0 Å². The van der Waals surface area contributed by atoms with E-state index in [2.05, 4.69) is 5.32 Å². The average Bonchev–Trinajstić information content (AvgIpc) is 2.51. The van der Waals surface area contributed by atoms with E-state index in [1.807, 2.05) is 6.92 Å². The van der Waals surface area contributed by atoms with Crippen molar-refractivity contribution >= 4 is 5.91 Å². The third-order valence-electron chi connectivity index (χ3n) is 3.84. The van der Waals surface area contributed by atoms with E-state index in [-0.39, 0.29) is 28.9 Å². The summed E-state index contributed by atoms with van der Waals surface area (Å²) in [6, 6.07) is 5.68. The van der Waals surface area contributed by atoms with Crippen LogP contribution in [0.4, 0.5) is 0 Å². The summed E-state index contributed by atoms with van der Waals surface area (Å²) >= 11 is 0. The number of carbonyl (C=O) groups excluding carboxylic acids is 1. The average molecular weight is 331 g/mol. The number of benzene rings is 2. The van der Waals surface area contributed by atoms with Crippen molar-refractivity contribution in [1.29, 1.82) is 0 Å². The Bertz CT molecular complexity index is 770. The summed E-state index contributed by atoms with van der Waals surface area (Å²) in [6.07, 6.45) is 0.981. The minimum atomic E-state index is -0.307. The predicted molar refractivity (Wildman–Crippen MR) is 90.3 cm³/mol. The number of hydrogen-bond donors (Lipinski definition) is 5. The van der Waals surface area contributed by atoms with Crippen molar-refractivity contribution < 1.29 is 25.2 Å². The lowest BCUT2D eigenvalue weighted by Gasteiger charge is -2.15. The van der Waals surface area contributed by atoms with Crippen molar-refractivity contribution in [3.63, 3.8) is 0 Å². The van der Waals surface area contributed by atoms with E-state index >= 15 is 0 Å². The molecular formula is C18H21NO5. The summed E-state index contributed by atoms with van der Waals surface area (Å²) < 4.78 is 0. The number of amides is 1. The van der Waals surface area contributed by atoms with Crippen LogP contribution >= 0.6 is 0 Å². The minimum absolute atomic E-state index is 0.00143. The number of aromatic hydroxyl groups is 4. The van der Waals surface area contributed by atoms with Crippen LogP contribution in [0.3, 0.4) is 0 Å². The molecule has 1 amide bonds. The van der Waals surface area contributed by atoms with Gasteiger partial charge in [-0.1, -0.05) is 6.92 Å². The van der Waals surface area contributed by atoms with Crippen LogP contribution in [0.15, 0.2) is 24.3 Å². The molecule has 0 fully saturated rings. The number of aryl methyl sites for hydroxylation is 1. The minimum Gasteiger partial charge on any atom is -0.508 e. The van der Waals surface area contributed by atoms with Crippen LogP contribution in [0, 0.1) is 0 Å². The van der Waals surface area contributed by atoms with Crippen LogP contribution in [0.1, 0.15) is 25.0 Å². The number of carbonyl (C=O) groups is 1. The van der Waals surface area contributed by atoms with Gasteiger partial charge in [-0.25, -0.2) is 0 Å². The highest BCUT2D eigenvalue weighted by molar-refractivity contribution is 5.77. The molecule has 2 rings (SSSR count). The van der Waals surface area contributed by atoms with E-state index < -0.39 is 0 Å². The van der Waals surface area contributed by atoms with Gasteiger partial charge in [-0.05, 0) is 47.7 Å². The van der Waals surface area contributed by atoms with Crippen LogP contribution < -0.4 is 5.32 Å². The van der Waals surface area contributed by atoms with Crippen LogP contribution in [0.5, 0.6) is 23.0 Å². The monoisotopic (exact) mass is 331 g/mol. The van der Waals surface area contributed by atoms with Gasteiger partial charge in [-0.3, -0.25) is 4.79 Å². The Hall–Kier alpha value is -2.89. The summed E-state index contributed by atoms with van der Waals surface area (Å²) in [5, 5.41) is 42.3. The lowest BCUT2D eigenvalue weighted by atomic mass is 9.94. The standard InChI is InChI=1S/C18H21NO5/c1-3-11-6-14(16(22)9-15(11)21)13-8-18(24)17(23)7-12(13)4-5-19-10(2)20/h6-9,21-24H,3-5H2,1-2H3,(H,19,20). The molecule has 0 aliphatic rings. The first-order valence-corrected chi connectivity index (χ1v) is 7.68. The van der Waals surface area contributed by atoms with Gasteiger partial charge in [0.25, 0.3) is 0 Å². The highest BCUT2D eigenvalue weighted by Gasteiger charge is 2.16. The maximum absolute atomic E-state index is 11.0. The Labute approximate surface area is 140 Å². The molecule has 0 radical (unpaired) electrons. The van der Waals surface area contributed by atoms with Crippen LogP contribution in [-0.2, 0) is 17.6 Å². The van der Waals surface area contributed by atoms with Crippen molar-refractivity contribution in [3.8, 4) is 34.1 Å². The molecule has 0 saturated carbocycles. The van der Waals surface area contributed by atoms with E-state index in [1.54, 1.807) is 6.07 Å². The summed E-state index contributed by atoms with van der Waals surface area (Å²) in [5.41, 5.74) is 2.28. The number of phenolic OH excluding ortho intramolecular Hbond substituents is 4. The summed E-state index contributed by atoms with van der Waals surface area (Å²) in [4.78, 5) is 11.0. The lowest BCUT2D eigenvalue weighted by molar-refractivity contribution is -0.118. The van der Waals surface area contributed by atoms with Gasteiger partial charge >= 0.3 is 0 Å². The lowest BCUT2D eigenvalue weighted by Crippen LogP contribution is -2.22. The summed E-state index contributed by atoms with van der Waals surface area (Å²) in [6.45, 7) is 3.64. The topological polar surface area (TPSA) is 110 Å². The molecule has 0 aromatic heterocycles. The van der Waals surface area contributed by atoms with Crippen LogP contribution in [0.25, 0.3) is 11.1 Å². The molecule has 5 N–H and O–H groups in total. The first-order chi connectivity index (χ1) is 11.3. The first-order valence-electron chi connectivity index (χ1n) is 7.68. The van der Waals surface area contributed by atoms with E-state index in [1.165, 1.54) is 25.1 Å². The number of nitrogens with one attached hydrogen (secondary N) is 1. The third kappa shape index (κ3) is 3.71. The van der Waals surface area contributed by atoms with Gasteiger partial charge in [0, 0.05) is 25.1 Å². The second-order valence-electron chi connectivity index (χ2n) is 5.58. The first kappa shape index (κ1) is 17.5. The zero-order valence-electron chi connectivity index (χ0n) is 13.6. The smallest absolute Gasteiger partial charge is 0.216 e. The fourth-order valence-electron chi connectivity index (χ4n) is 2.57. The molecule has 0 saturated heterocycles. The van der Waals surface area contributed by atoms with E-state index in [4.69, 9.17) is 0 Å². The largest absolute Gasteiger partial charge is 0.508 e. The fraction of sp³-hybridized carbons (Fsp3) is 0.278. The molecule has 0 aliphatic carbocycles. The SMILES string of the molecule is CCc1cc(-c2cc(O)c(O)cc2CCNC(C)=O)c(O)cc1O. The Kier molecular flexibility index (Phi) is 5.18. The zero-order chi connectivity index (χ0) is 17.9. The Morgan fingerprint density at radius 1 is 0.875 bits per heavy atom. The normalized spacial score (nSPS) is 10.6. The second-order valence-corrected chi connectivity index (χ2v) is 5.58. The van der Waals surface area contributed by atoms with Gasteiger partial charge in [0.2, 0.25) is 5.91 Å². The van der Waals surface area contributed by atoms with Crippen LogP contribution in [0.2, 0.25) is 0 Å². The highest BCUT2D eigenvalue weighted by Crippen LogP contribution is 2.40. The molecule has 24 heavy (non-hydrogen) atoms. The van der Waals surface area contributed by atoms with E-state index in [9.17, 15) is 25.2 Å². The van der Waals surface area contributed by atoms with Crippen molar-refractivity contribution in [2.45, 2.75) is 26.7 Å². The van der Waals surface area contributed by atoms with E-state index in [0.29, 0.717) is 41.6 Å². The molecule has 0 aliphatic heterocycles. The fourth-order valence-corrected chi connectivity index (χ4v) is 2.57. The molecular weight excluding hydrogens is 310 g/mol. The number of phenols is 4. The quantitative estimate of drug-likeness (QED) is 0.541. The molecule has 2 aromatic carbocycles. The molecule has 0 unspecified atom stereocenters. The molecule has 128 valence electrons. The Morgan fingerprint density at radius 2 is 1.54 bits per heavy atom. The van der Waals surface area contributed by atoms with Gasteiger partial charge in [-0.2, -0.15) is 0 Å². The maximum Gasteiger partial charge on any atom is 0.216 e. The van der Waals surface area contributed by atoms with Gasteiger partial charge in [0.05, 0.1) is 0 Å². The van der Waals surface area contributed by atoms with Crippen LogP contribution in [-0.4, -0.2) is 32.9 Å². The van der Waals surface area contributed by atoms with Gasteiger partial charge in [0.1, 0.15) is 11.5 Å². The highest BCUT2D eigenvalue weighted by atomic mass is 16.3. The predicted octanol–water partition coefficient (Wildman–Crippen LogP) is 2.42. The van der Waals surface area contributed by atoms with Crippen molar-refractivity contribution in [1.82, 2.24) is 5.32 Å². The van der Waals surface area contributed by atoms with Crippen molar-refractivity contribution in [2.24, 2.45) is 0 Å². The third-order valence-corrected chi connectivity index (χ3v) is 3.84. The summed E-state index contributed by atoms with van der Waals surface area (Å²) in [7, 11) is 0. The molecule has 6 nitrogen and oxygen atoms in total. The second kappa shape index (κ2) is 7.12. The van der Waals surface area contributed by atoms with Gasteiger partial charge < -0.3 is 25.7 Å². The van der Waals surface area contributed by atoms with Crippen molar-refractivity contribution in [2.75, 3.05) is 6.54 Å². The molecule has 0 spiro atoms. The maximum atomic E-state index is 11.0. The number of rotatable bonds is 5. The molecule has 0 heterocycles. The Balaban J connectivity index is 2.52. The molecule has 0 atom stereocenters.